The smallest absolute Gasteiger partial charge is 0.349 e. The molecule has 1 fully saturated rings. The molecule has 4 amide bonds. The van der Waals surface area contributed by atoms with E-state index in [0.29, 0.717) is 11.1 Å². The molecule has 1 saturated heterocycles. The van der Waals surface area contributed by atoms with E-state index in [9.17, 15) is 27.6 Å². The van der Waals surface area contributed by atoms with E-state index >= 15 is 0 Å². The highest BCUT2D eigenvalue weighted by Crippen LogP contribution is 2.32. The number of hydrogen-bond donors (Lipinski definition) is 3. The summed E-state index contributed by atoms with van der Waals surface area (Å²) in [5, 5.41) is 8.89. The Bertz CT molecular complexity index is 1190. The average Bonchev–Trinajstić information content (AvgIpc) is 3.40. The van der Waals surface area contributed by atoms with Crippen LogP contribution >= 0.6 is 11.3 Å². The van der Waals surface area contributed by atoms with Crippen molar-refractivity contribution in [3.05, 3.63) is 76.2 Å². The number of nitrogens with one attached hydrogen (secondary N) is 3. The standard InChI is InChI=1S/C21H15F3N4O3S.3H2/c22-21(23,24)13-7-5-12(6-8-13)14-3-1-2-4-15(14)17(29)25-10-20(16-9-32-11-26-16)18(30)27-19(31)28-20;;;/h1-9,11H,10H2,(H,25,29)(H2,27,28,30,31);3*1H. The Morgan fingerprint density at radius 1 is 1.12 bits per heavy atom. The fourth-order valence-electron chi connectivity index (χ4n) is 3.39. The zero-order chi connectivity index (χ0) is 22.9. The fraction of sp³-hybridized carbons (Fsp3) is 0.143. The number of urea groups is 1. The van der Waals surface area contributed by atoms with Crippen LogP contribution in [0.15, 0.2) is 59.4 Å². The minimum atomic E-state index is -4.47. The summed E-state index contributed by atoms with van der Waals surface area (Å²) in [5.41, 5.74) is 0.460. The van der Waals surface area contributed by atoms with Gasteiger partial charge in [0.25, 0.3) is 11.8 Å². The summed E-state index contributed by atoms with van der Waals surface area (Å²) >= 11 is 1.23. The van der Waals surface area contributed by atoms with Gasteiger partial charge in [0.1, 0.15) is 0 Å². The van der Waals surface area contributed by atoms with Gasteiger partial charge in [-0.3, -0.25) is 14.9 Å². The van der Waals surface area contributed by atoms with Gasteiger partial charge in [-0.1, -0.05) is 30.3 Å². The molecular formula is C21H21F3N4O3S. The highest BCUT2D eigenvalue weighted by Gasteiger charge is 2.49. The normalized spacial score (nSPS) is 18.2. The highest BCUT2D eigenvalue weighted by atomic mass is 32.1. The summed E-state index contributed by atoms with van der Waals surface area (Å²) in [4.78, 5) is 41.3. The molecule has 32 heavy (non-hydrogen) atoms. The van der Waals surface area contributed by atoms with E-state index in [4.69, 9.17) is 0 Å². The lowest BCUT2D eigenvalue weighted by molar-refractivity contribution is -0.137. The molecule has 0 radical (unpaired) electrons. The number of rotatable bonds is 5. The van der Waals surface area contributed by atoms with Crippen molar-refractivity contribution in [2.24, 2.45) is 0 Å². The molecule has 4 rings (SSSR count). The van der Waals surface area contributed by atoms with E-state index in [1.807, 2.05) is 0 Å². The molecule has 170 valence electrons. The molecular weight excluding hydrogens is 445 g/mol. The molecule has 0 saturated carbocycles. The number of amides is 4. The molecule has 0 spiro atoms. The van der Waals surface area contributed by atoms with Gasteiger partial charge in [-0.05, 0) is 29.3 Å². The maximum absolute atomic E-state index is 13.0. The maximum atomic E-state index is 13.0. The monoisotopic (exact) mass is 466 g/mol. The van der Waals surface area contributed by atoms with Crippen LogP contribution < -0.4 is 16.0 Å². The maximum Gasteiger partial charge on any atom is 0.416 e. The van der Waals surface area contributed by atoms with Gasteiger partial charge in [0.2, 0.25) is 0 Å². The topological polar surface area (TPSA) is 100 Å². The van der Waals surface area contributed by atoms with Crippen LogP contribution in [-0.4, -0.2) is 29.4 Å². The summed E-state index contributed by atoms with van der Waals surface area (Å²) in [6, 6.07) is 10.2. The van der Waals surface area contributed by atoms with E-state index < -0.39 is 35.1 Å². The zero-order valence-electron chi connectivity index (χ0n) is 16.2. The molecule has 1 unspecified atom stereocenters. The second-order valence-electron chi connectivity index (χ2n) is 6.99. The van der Waals surface area contributed by atoms with Crippen LogP contribution in [0.5, 0.6) is 0 Å². The van der Waals surface area contributed by atoms with Crippen molar-refractivity contribution >= 4 is 29.2 Å². The van der Waals surface area contributed by atoms with Gasteiger partial charge in [-0.15, -0.1) is 11.3 Å². The van der Waals surface area contributed by atoms with Crippen molar-refractivity contribution in [3.8, 4) is 11.1 Å². The number of nitrogens with zero attached hydrogens (tertiary/aromatic N) is 1. The third kappa shape index (κ3) is 3.94. The first-order valence-electron chi connectivity index (χ1n) is 9.28. The Morgan fingerprint density at radius 2 is 1.84 bits per heavy atom. The lowest BCUT2D eigenvalue weighted by Crippen LogP contribution is -2.52. The van der Waals surface area contributed by atoms with Gasteiger partial charge in [-0.25, -0.2) is 9.78 Å². The lowest BCUT2D eigenvalue weighted by Gasteiger charge is -2.24. The largest absolute Gasteiger partial charge is 0.416 e. The molecule has 11 heteroatoms. The summed E-state index contributed by atoms with van der Waals surface area (Å²) in [5.74, 6) is -1.21. The molecule has 0 bridgehead atoms. The molecule has 0 aliphatic carbocycles. The van der Waals surface area contributed by atoms with Crippen molar-refractivity contribution < 1.29 is 31.8 Å². The minimum absolute atomic E-state index is 0. The SMILES string of the molecule is O=C1NC(=O)C(CNC(=O)c2ccccc2-c2ccc(C(F)(F)F)cc2)(c2cscn2)N1.[HH].[HH].[HH]. The predicted molar refractivity (Wildman–Crippen MR) is 116 cm³/mol. The Balaban J connectivity index is 0.00000204. The number of hydrogen-bond acceptors (Lipinski definition) is 5. The predicted octanol–water partition coefficient (Wildman–Crippen LogP) is 4.03. The number of imide groups is 1. The molecule has 2 heterocycles. The second-order valence-corrected chi connectivity index (χ2v) is 7.71. The van der Waals surface area contributed by atoms with Gasteiger partial charge in [-0.2, -0.15) is 13.2 Å². The number of carbonyl (C=O) groups is 3. The number of halogens is 3. The first-order chi connectivity index (χ1) is 15.2. The Kier molecular flexibility index (Phi) is 5.43. The third-order valence-corrected chi connectivity index (χ3v) is 5.61. The number of benzene rings is 2. The number of aromatic nitrogens is 1. The summed E-state index contributed by atoms with van der Waals surface area (Å²) in [6.07, 6.45) is -4.47. The average molecular weight is 466 g/mol. The van der Waals surface area contributed by atoms with Gasteiger partial charge < -0.3 is 10.6 Å². The molecule has 1 aliphatic heterocycles. The molecule has 1 aromatic heterocycles. The summed E-state index contributed by atoms with van der Waals surface area (Å²) < 4.78 is 38.6. The van der Waals surface area contributed by atoms with Crippen molar-refractivity contribution in [1.29, 1.82) is 0 Å². The Morgan fingerprint density at radius 3 is 2.44 bits per heavy atom. The zero-order valence-corrected chi connectivity index (χ0v) is 17.0. The van der Waals surface area contributed by atoms with Crippen LogP contribution in [0.1, 0.15) is 25.9 Å². The van der Waals surface area contributed by atoms with Crippen LogP contribution in [0.3, 0.4) is 0 Å². The molecule has 3 N–H and O–H groups in total. The van der Waals surface area contributed by atoms with Gasteiger partial charge in [0.15, 0.2) is 5.54 Å². The van der Waals surface area contributed by atoms with Crippen LogP contribution in [0.25, 0.3) is 11.1 Å². The Labute approximate surface area is 188 Å². The number of carbonyl (C=O) groups excluding carboxylic acids is 3. The molecule has 7 nitrogen and oxygen atoms in total. The summed E-state index contributed by atoms with van der Waals surface area (Å²) in [6.45, 7) is -0.269. The number of thiazole rings is 1. The second kappa shape index (κ2) is 8.08. The van der Waals surface area contributed by atoms with Gasteiger partial charge in [0.05, 0.1) is 23.3 Å². The molecule has 1 aliphatic rings. The van der Waals surface area contributed by atoms with Gasteiger partial charge >= 0.3 is 12.2 Å². The first kappa shape index (κ1) is 21.5. The third-order valence-electron chi connectivity index (χ3n) is 5.02. The van der Waals surface area contributed by atoms with Crippen LogP contribution in [0.2, 0.25) is 0 Å². The van der Waals surface area contributed by atoms with Crippen molar-refractivity contribution in [3.63, 3.8) is 0 Å². The quantitative estimate of drug-likeness (QED) is 0.494. The van der Waals surface area contributed by atoms with Crippen LogP contribution in [0.4, 0.5) is 18.0 Å². The van der Waals surface area contributed by atoms with E-state index in [2.05, 4.69) is 20.9 Å². The molecule has 2 aromatic carbocycles. The van der Waals surface area contributed by atoms with E-state index in [1.54, 1.807) is 23.6 Å². The van der Waals surface area contributed by atoms with E-state index in [0.717, 1.165) is 12.1 Å². The van der Waals surface area contributed by atoms with Crippen molar-refractivity contribution in [2.45, 2.75) is 11.7 Å². The Hall–Kier alpha value is -3.73. The van der Waals surface area contributed by atoms with Crippen molar-refractivity contribution in [2.75, 3.05) is 6.54 Å². The van der Waals surface area contributed by atoms with Crippen LogP contribution in [-0.2, 0) is 16.5 Å². The van der Waals surface area contributed by atoms with E-state index in [-0.39, 0.29) is 22.1 Å². The highest BCUT2D eigenvalue weighted by molar-refractivity contribution is 7.07. The molecule has 3 aromatic rings. The summed E-state index contributed by atoms with van der Waals surface area (Å²) in [7, 11) is 0. The van der Waals surface area contributed by atoms with Gasteiger partial charge in [0, 0.05) is 15.2 Å². The fourth-order valence-corrected chi connectivity index (χ4v) is 4.02. The first-order valence-corrected chi connectivity index (χ1v) is 10.2. The van der Waals surface area contributed by atoms with Crippen LogP contribution in [0, 0.1) is 0 Å². The minimum Gasteiger partial charge on any atom is -0.349 e. The van der Waals surface area contributed by atoms with E-state index in [1.165, 1.54) is 35.0 Å². The van der Waals surface area contributed by atoms with Crippen molar-refractivity contribution in [1.82, 2.24) is 20.9 Å². The lowest BCUT2D eigenvalue weighted by atomic mass is 9.95. The molecule has 1 atom stereocenters. The number of alkyl halides is 3.